The molecule has 1 aromatic rings. The molecule has 0 radical (unpaired) electrons. The zero-order chi connectivity index (χ0) is 17.2. The first kappa shape index (κ1) is 19.5. The average molecular weight is 369 g/mol. The standard InChI is InChI=1S/C18H24N2O4.ClH/c1-24-15-6-2-4-13(8-15)9-19-16(21)11-20-10-14-5-3-7-18(14,12-20)17(22)23;/h2,4,6,8,14H,3,5,7,9-12H2,1H3,(H,19,21)(H,22,23);1H/t14-,18+;/m0./s1. The topological polar surface area (TPSA) is 78.9 Å². The first-order valence-electron chi connectivity index (χ1n) is 8.39. The van der Waals surface area contributed by atoms with E-state index in [2.05, 4.69) is 5.32 Å². The second-order valence-electron chi connectivity index (χ2n) is 6.85. The average Bonchev–Trinajstić information content (AvgIpc) is 3.11. The summed E-state index contributed by atoms with van der Waals surface area (Å²) in [5.41, 5.74) is 0.343. The maximum absolute atomic E-state index is 12.2. The highest BCUT2D eigenvalue weighted by Crippen LogP contribution is 2.48. The van der Waals surface area contributed by atoms with Crippen LogP contribution < -0.4 is 10.1 Å². The molecule has 0 bridgehead atoms. The minimum absolute atomic E-state index is 0. The highest BCUT2D eigenvalue weighted by molar-refractivity contribution is 5.85. The van der Waals surface area contributed by atoms with Crippen LogP contribution in [-0.4, -0.2) is 48.6 Å². The summed E-state index contributed by atoms with van der Waals surface area (Å²) in [6, 6.07) is 7.57. The van der Waals surface area contributed by atoms with Gasteiger partial charge in [0.15, 0.2) is 0 Å². The minimum Gasteiger partial charge on any atom is -0.497 e. The third-order valence-corrected chi connectivity index (χ3v) is 5.36. The predicted molar refractivity (Wildman–Crippen MR) is 95.9 cm³/mol. The van der Waals surface area contributed by atoms with E-state index in [-0.39, 0.29) is 30.8 Å². The molecule has 1 aromatic carbocycles. The minimum atomic E-state index is -0.704. The van der Waals surface area contributed by atoms with E-state index in [9.17, 15) is 14.7 Å². The van der Waals surface area contributed by atoms with Crippen molar-refractivity contribution in [2.24, 2.45) is 11.3 Å². The van der Waals surface area contributed by atoms with Crippen molar-refractivity contribution in [3.63, 3.8) is 0 Å². The van der Waals surface area contributed by atoms with Crippen LogP contribution in [0.2, 0.25) is 0 Å². The summed E-state index contributed by atoms with van der Waals surface area (Å²) < 4.78 is 5.17. The van der Waals surface area contributed by atoms with Crippen LogP contribution in [0.15, 0.2) is 24.3 Å². The maximum Gasteiger partial charge on any atom is 0.311 e. The van der Waals surface area contributed by atoms with Crippen molar-refractivity contribution in [1.29, 1.82) is 0 Å². The molecule has 2 N–H and O–H groups in total. The highest BCUT2D eigenvalue weighted by Gasteiger charge is 2.54. The van der Waals surface area contributed by atoms with Crippen molar-refractivity contribution in [3.05, 3.63) is 29.8 Å². The summed E-state index contributed by atoms with van der Waals surface area (Å²) in [7, 11) is 1.61. The van der Waals surface area contributed by atoms with Crippen LogP contribution in [0.5, 0.6) is 5.75 Å². The normalized spacial score (nSPS) is 25.1. The lowest BCUT2D eigenvalue weighted by Crippen LogP contribution is -2.39. The van der Waals surface area contributed by atoms with Gasteiger partial charge in [0.2, 0.25) is 5.91 Å². The fourth-order valence-electron chi connectivity index (χ4n) is 4.11. The lowest BCUT2D eigenvalue weighted by atomic mass is 9.81. The molecular formula is C18H25ClN2O4. The number of hydrogen-bond donors (Lipinski definition) is 2. The van der Waals surface area contributed by atoms with E-state index in [1.807, 2.05) is 29.2 Å². The number of hydrogen-bond acceptors (Lipinski definition) is 4. The SMILES string of the molecule is COc1cccc(CNC(=O)CN2C[C@@H]3CCC[C@@]3(C(=O)O)C2)c1.Cl. The Morgan fingerprint density at radius 1 is 1.44 bits per heavy atom. The molecule has 25 heavy (non-hydrogen) atoms. The molecule has 2 atom stereocenters. The number of nitrogens with zero attached hydrogens (tertiary/aromatic N) is 1. The summed E-state index contributed by atoms with van der Waals surface area (Å²) in [6.45, 7) is 1.89. The highest BCUT2D eigenvalue weighted by atomic mass is 35.5. The van der Waals surface area contributed by atoms with Gasteiger partial charge in [-0.1, -0.05) is 18.6 Å². The Balaban J connectivity index is 0.00000225. The number of carbonyl (C=O) groups excluding carboxylic acids is 1. The van der Waals surface area contributed by atoms with Crippen molar-refractivity contribution in [3.8, 4) is 5.75 Å². The summed E-state index contributed by atoms with van der Waals surface area (Å²) in [4.78, 5) is 25.8. The number of carboxylic acid groups (broad SMARTS) is 1. The molecule has 2 fully saturated rings. The van der Waals surface area contributed by atoms with Crippen molar-refractivity contribution in [1.82, 2.24) is 10.2 Å². The van der Waals surface area contributed by atoms with Gasteiger partial charge in [-0.15, -0.1) is 12.4 Å². The molecule has 1 saturated carbocycles. The molecule has 6 nitrogen and oxygen atoms in total. The second-order valence-corrected chi connectivity index (χ2v) is 6.85. The molecule has 138 valence electrons. The molecular weight excluding hydrogens is 344 g/mol. The third kappa shape index (κ3) is 4.07. The maximum atomic E-state index is 12.2. The molecule has 2 aliphatic rings. The number of aliphatic carboxylic acids is 1. The Kier molecular flexibility index (Phi) is 6.30. The Bertz CT molecular complexity index is 639. The number of carbonyl (C=O) groups is 2. The monoisotopic (exact) mass is 368 g/mol. The number of halogens is 1. The van der Waals surface area contributed by atoms with Crippen molar-refractivity contribution < 1.29 is 19.4 Å². The first-order valence-corrected chi connectivity index (χ1v) is 8.39. The van der Waals surface area contributed by atoms with Crippen LogP contribution in [0, 0.1) is 11.3 Å². The van der Waals surface area contributed by atoms with Gasteiger partial charge in [-0.2, -0.15) is 0 Å². The van der Waals surface area contributed by atoms with Gasteiger partial charge in [-0.25, -0.2) is 0 Å². The van der Waals surface area contributed by atoms with E-state index < -0.39 is 11.4 Å². The molecule has 7 heteroatoms. The number of amides is 1. The van der Waals surface area contributed by atoms with Crippen LogP contribution in [0.4, 0.5) is 0 Å². The fraction of sp³-hybridized carbons (Fsp3) is 0.556. The summed E-state index contributed by atoms with van der Waals surface area (Å²) in [6.07, 6.45) is 2.66. The number of rotatable bonds is 6. The number of nitrogens with one attached hydrogen (secondary N) is 1. The van der Waals surface area contributed by atoms with Crippen LogP contribution >= 0.6 is 12.4 Å². The summed E-state index contributed by atoms with van der Waals surface area (Å²) in [5.74, 6) is 0.168. The Hall–Kier alpha value is -1.79. The van der Waals surface area contributed by atoms with E-state index in [1.54, 1.807) is 7.11 Å². The Labute approximate surface area is 153 Å². The van der Waals surface area contributed by atoms with Gasteiger partial charge in [0.25, 0.3) is 0 Å². The van der Waals surface area contributed by atoms with E-state index in [0.29, 0.717) is 19.6 Å². The fourth-order valence-corrected chi connectivity index (χ4v) is 4.11. The molecule has 1 aliphatic heterocycles. The van der Waals surface area contributed by atoms with Gasteiger partial charge in [0.05, 0.1) is 19.1 Å². The molecule has 3 rings (SSSR count). The zero-order valence-electron chi connectivity index (χ0n) is 14.4. The zero-order valence-corrected chi connectivity index (χ0v) is 15.2. The predicted octanol–water partition coefficient (Wildman–Crippen LogP) is 1.92. The lowest BCUT2D eigenvalue weighted by molar-refractivity contribution is -0.149. The number of likely N-dealkylation sites (tertiary alicyclic amines) is 1. The Morgan fingerprint density at radius 2 is 2.24 bits per heavy atom. The number of benzene rings is 1. The van der Waals surface area contributed by atoms with Crippen molar-refractivity contribution in [2.45, 2.75) is 25.8 Å². The number of methoxy groups -OCH3 is 1. The van der Waals surface area contributed by atoms with Gasteiger partial charge >= 0.3 is 5.97 Å². The molecule has 1 amide bonds. The summed E-state index contributed by atoms with van der Waals surface area (Å²) in [5, 5.41) is 12.5. The van der Waals surface area contributed by atoms with E-state index in [1.165, 1.54) is 0 Å². The smallest absolute Gasteiger partial charge is 0.311 e. The summed E-state index contributed by atoms with van der Waals surface area (Å²) >= 11 is 0. The molecule has 0 aromatic heterocycles. The second kappa shape index (κ2) is 8.06. The molecule has 1 aliphatic carbocycles. The van der Waals surface area contributed by atoms with Crippen molar-refractivity contribution >= 4 is 24.3 Å². The largest absolute Gasteiger partial charge is 0.497 e. The quantitative estimate of drug-likeness (QED) is 0.802. The molecule has 1 heterocycles. The van der Waals surface area contributed by atoms with Crippen LogP contribution in [0.25, 0.3) is 0 Å². The van der Waals surface area contributed by atoms with E-state index >= 15 is 0 Å². The van der Waals surface area contributed by atoms with Crippen molar-refractivity contribution in [2.75, 3.05) is 26.7 Å². The van der Waals surface area contributed by atoms with Crippen LogP contribution in [0.3, 0.4) is 0 Å². The van der Waals surface area contributed by atoms with Gasteiger partial charge in [-0.05, 0) is 36.5 Å². The van der Waals surface area contributed by atoms with E-state index in [0.717, 1.165) is 30.6 Å². The van der Waals surface area contributed by atoms with Gasteiger partial charge in [0.1, 0.15) is 5.75 Å². The van der Waals surface area contributed by atoms with Gasteiger partial charge in [-0.3, -0.25) is 14.5 Å². The number of fused-ring (bicyclic) bond motifs is 1. The lowest BCUT2D eigenvalue weighted by Gasteiger charge is -2.23. The van der Waals surface area contributed by atoms with E-state index in [4.69, 9.17) is 4.74 Å². The Morgan fingerprint density at radius 3 is 2.92 bits per heavy atom. The first-order chi connectivity index (χ1) is 11.5. The number of ether oxygens (including phenoxy) is 1. The van der Waals surface area contributed by atoms with Crippen LogP contribution in [-0.2, 0) is 16.1 Å². The molecule has 0 spiro atoms. The molecule has 1 saturated heterocycles. The van der Waals surface area contributed by atoms with Gasteiger partial charge < -0.3 is 15.2 Å². The molecule has 0 unspecified atom stereocenters. The van der Waals surface area contributed by atoms with Gasteiger partial charge in [0, 0.05) is 19.6 Å². The number of carboxylic acids is 1. The third-order valence-electron chi connectivity index (χ3n) is 5.36. The van der Waals surface area contributed by atoms with Crippen LogP contribution in [0.1, 0.15) is 24.8 Å².